The van der Waals surface area contributed by atoms with E-state index in [2.05, 4.69) is 5.32 Å². The van der Waals surface area contributed by atoms with E-state index in [1.165, 1.54) is 34.4 Å². The van der Waals surface area contributed by atoms with E-state index < -0.39 is 4.92 Å². The third-order valence-electron chi connectivity index (χ3n) is 4.11. The molecule has 9 heteroatoms. The maximum Gasteiger partial charge on any atom is 0.269 e. The van der Waals surface area contributed by atoms with Gasteiger partial charge in [-0.1, -0.05) is 23.7 Å². The summed E-state index contributed by atoms with van der Waals surface area (Å²) >= 11 is 7.44. The topological polar surface area (TPSA) is 92.5 Å². The highest BCUT2D eigenvalue weighted by atomic mass is 35.5. The first-order valence-corrected chi connectivity index (χ1v) is 9.74. The summed E-state index contributed by atoms with van der Waals surface area (Å²) in [5.74, 6) is -0.555. The van der Waals surface area contributed by atoms with Gasteiger partial charge in [-0.2, -0.15) is 0 Å². The van der Waals surface area contributed by atoms with E-state index in [0.717, 1.165) is 0 Å². The summed E-state index contributed by atoms with van der Waals surface area (Å²) in [5, 5.41) is 15.9. The standard InChI is InChI=1S/C20H16ClN3O4S/c1-23(12-14-11-16(24(27)28)7-8-17(14)21)20(26)13-4-2-5-15(10-13)22-19(25)18-6-3-9-29-18/h2-11H,12H2,1H3,(H,22,25). The SMILES string of the molecule is CN(Cc1cc([N+](=O)[O-])ccc1Cl)C(=O)c1cccc(NC(=O)c2cccs2)c1. The Kier molecular flexibility index (Phi) is 6.26. The Morgan fingerprint density at radius 1 is 1.17 bits per heavy atom. The van der Waals surface area contributed by atoms with Crippen molar-refractivity contribution in [2.75, 3.05) is 12.4 Å². The van der Waals surface area contributed by atoms with Gasteiger partial charge in [-0.15, -0.1) is 11.3 Å². The highest BCUT2D eigenvalue weighted by Crippen LogP contribution is 2.24. The first-order chi connectivity index (χ1) is 13.8. The molecule has 148 valence electrons. The summed E-state index contributed by atoms with van der Waals surface area (Å²) in [6, 6.07) is 14.2. The number of anilines is 1. The normalized spacial score (nSPS) is 10.4. The van der Waals surface area contributed by atoms with Gasteiger partial charge in [0.25, 0.3) is 17.5 Å². The molecule has 3 aromatic rings. The number of amides is 2. The van der Waals surface area contributed by atoms with Gasteiger partial charge in [0.15, 0.2) is 0 Å². The maximum absolute atomic E-state index is 12.8. The fourth-order valence-electron chi connectivity index (χ4n) is 2.67. The average molecular weight is 430 g/mol. The van der Waals surface area contributed by atoms with E-state index >= 15 is 0 Å². The zero-order valence-corrected chi connectivity index (χ0v) is 16.9. The van der Waals surface area contributed by atoms with Crippen molar-refractivity contribution in [3.63, 3.8) is 0 Å². The Labute approximate surface area is 175 Å². The lowest BCUT2D eigenvalue weighted by Crippen LogP contribution is -2.26. The minimum absolute atomic E-state index is 0.0939. The van der Waals surface area contributed by atoms with E-state index in [1.54, 1.807) is 43.4 Å². The van der Waals surface area contributed by atoms with Crippen LogP contribution in [-0.2, 0) is 6.54 Å². The maximum atomic E-state index is 12.8. The molecule has 0 spiro atoms. The zero-order chi connectivity index (χ0) is 21.0. The van der Waals surface area contributed by atoms with Crippen LogP contribution in [-0.4, -0.2) is 28.7 Å². The van der Waals surface area contributed by atoms with Gasteiger partial charge in [0, 0.05) is 42.0 Å². The third kappa shape index (κ3) is 4.98. The number of halogens is 1. The van der Waals surface area contributed by atoms with Gasteiger partial charge in [0.05, 0.1) is 9.80 Å². The molecule has 0 saturated carbocycles. The minimum Gasteiger partial charge on any atom is -0.337 e. The van der Waals surface area contributed by atoms with E-state index in [0.29, 0.717) is 26.7 Å². The van der Waals surface area contributed by atoms with Gasteiger partial charge < -0.3 is 10.2 Å². The van der Waals surface area contributed by atoms with Crippen LogP contribution >= 0.6 is 22.9 Å². The second-order valence-electron chi connectivity index (χ2n) is 6.21. The van der Waals surface area contributed by atoms with Gasteiger partial charge in [0.1, 0.15) is 0 Å². The number of hydrogen-bond donors (Lipinski definition) is 1. The predicted octanol–water partition coefficient (Wildman–Crippen LogP) is 4.83. The van der Waals surface area contributed by atoms with Crippen LogP contribution < -0.4 is 5.32 Å². The highest BCUT2D eigenvalue weighted by Gasteiger charge is 2.17. The molecule has 0 aliphatic carbocycles. The van der Waals surface area contributed by atoms with Crippen LogP contribution in [0.25, 0.3) is 0 Å². The number of thiophene rings is 1. The molecule has 0 unspecified atom stereocenters. The summed E-state index contributed by atoms with van der Waals surface area (Å²) in [6.07, 6.45) is 0. The summed E-state index contributed by atoms with van der Waals surface area (Å²) in [4.78, 5) is 37.4. The molecule has 0 atom stereocenters. The number of nitro benzene ring substituents is 1. The van der Waals surface area contributed by atoms with E-state index in [1.807, 2.05) is 5.38 Å². The summed E-state index contributed by atoms with van der Waals surface area (Å²) in [6.45, 7) is 0.102. The van der Waals surface area contributed by atoms with Gasteiger partial charge in [-0.25, -0.2) is 0 Å². The van der Waals surface area contributed by atoms with Crippen LogP contribution in [0.5, 0.6) is 0 Å². The van der Waals surface area contributed by atoms with Crippen molar-refractivity contribution < 1.29 is 14.5 Å². The van der Waals surface area contributed by atoms with Crippen molar-refractivity contribution in [2.45, 2.75) is 6.54 Å². The number of benzene rings is 2. The Hall–Kier alpha value is -3.23. The van der Waals surface area contributed by atoms with E-state index in [-0.39, 0.29) is 24.0 Å². The van der Waals surface area contributed by atoms with Crippen LogP contribution in [0.2, 0.25) is 5.02 Å². The third-order valence-corrected chi connectivity index (χ3v) is 5.34. The number of carbonyl (C=O) groups is 2. The summed E-state index contributed by atoms with van der Waals surface area (Å²) < 4.78 is 0. The average Bonchev–Trinajstić information content (AvgIpc) is 3.24. The molecule has 0 saturated heterocycles. The van der Waals surface area contributed by atoms with E-state index in [4.69, 9.17) is 11.6 Å². The predicted molar refractivity (Wildman–Crippen MR) is 113 cm³/mol. The molecule has 1 N–H and O–H groups in total. The van der Waals surface area contributed by atoms with Crippen LogP contribution in [0.1, 0.15) is 25.6 Å². The molecule has 1 heterocycles. The Balaban J connectivity index is 1.74. The van der Waals surface area contributed by atoms with Crippen molar-refractivity contribution in [1.29, 1.82) is 0 Å². The number of nitrogens with zero attached hydrogens (tertiary/aromatic N) is 2. The second kappa shape index (κ2) is 8.85. The quantitative estimate of drug-likeness (QED) is 0.448. The van der Waals surface area contributed by atoms with Crippen molar-refractivity contribution in [1.82, 2.24) is 4.90 Å². The Morgan fingerprint density at radius 2 is 1.97 bits per heavy atom. The molecule has 0 bridgehead atoms. The molecule has 29 heavy (non-hydrogen) atoms. The number of nitrogens with one attached hydrogen (secondary N) is 1. The molecule has 7 nitrogen and oxygen atoms in total. The molecule has 0 radical (unpaired) electrons. The van der Waals surface area contributed by atoms with Crippen LogP contribution in [0.3, 0.4) is 0 Å². The van der Waals surface area contributed by atoms with Crippen LogP contribution in [0.15, 0.2) is 60.0 Å². The van der Waals surface area contributed by atoms with Crippen molar-refractivity contribution >= 4 is 46.1 Å². The summed E-state index contributed by atoms with van der Waals surface area (Å²) in [7, 11) is 1.58. The van der Waals surface area contributed by atoms with Gasteiger partial charge in [-0.3, -0.25) is 19.7 Å². The molecule has 0 fully saturated rings. The lowest BCUT2D eigenvalue weighted by molar-refractivity contribution is -0.384. The minimum atomic E-state index is -0.513. The lowest BCUT2D eigenvalue weighted by Gasteiger charge is -2.18. The zero-order valence-electron chi connectivity index (χ0n) is 15.3. The molecule has 2 amide bonds. The fraction of sp³-hybridized carbons (Fsp3) is 0.100. The van der Waals surface area contributed by atoms with E-state index in [9.17, 15) is 19.7 Å². The largest absolute Gasteiger partial charge is 0.337 e. The highest BCUT2D eigenvalue weighted by molar-refractivity contribution is 7.12. The smallest absolute Gasteiger partial charge is 0.269 e. The lowest BCUT2D eigenvalue weighted by atomic mass is 10.1. The van der Waals surface area contributed by atoms with Crippen molar-refractivity contribution in [3.05, 3.63) is 91.1 Å². The summed E-state index contributed by atoms with van der Waals surface area (Å²) in [5.41, 5.74) is 1.25. The first-order valence-electron chi connectivity index (χ1n) is 8.48. The number of non-ortho nitro benzene ring substituents is 1. The first kappa shape index (κ1) is 20.5. The van der Waals surface area contributed by atoms with Crippen LogP contribution in [0.4, 0.5) is 11.4 Å². The molecule has 0 aliphatic rings. The van der Waals surface area contributed by atoms with Crippen LogP contribution in [0, 0.1) is 10.1 Å². The monoisotopic (exact) mass is 429 g/mol. The molecular formula is C20H16ClN3O4S. The Morgan fingerprint density at radius 3 is 2.66 bits per heavy atom. The van der Waals surface area contributed by atoms with Crippen molar-refractivity contribution in [3.8, 4) is 0 Å². The number of carbonyl (C=O) groups excluding carboxylic acids is 2. The second-order valence-corrected chi connectivity index (χ2v) is 7.56. The number of rotatable bonds is 6. The van der Waals surface area contributed by atoms with Gasteiger partial charge in [0.2, 0.25) is 0 Å². The molecule has 3 rings (SSSR count). The molecule has 0 aliphatic heterocycles. The van der Waals surface area contributed by atoms with Gasteiger partial charge >= 0.3 is 0 Å². The molecule has 2 aromatic carbocycles. The van der Waals surface area contributed by atoms with Gasteiger partial charge in [-0.05, 0) is 41.3 Å². The number of hydrogen-bond acceptors (Lipinski definition) is 5. The molecule has 1 aromatic heterocycles. The number of nitro groups is 1. The Bertz CT molecular complexity index is 1070. The molecular weight excluding hydrogens is 414 g/mol. The fourth-order valence-corrected chi connectivity index (χ4v) is 3.47. The van der Waals surface area contributed by atoms with Crippen molar-refractivity contribution in [2.24, 2.45) is 0 Å².